The fourth-order valence-corrected chi connectivity index (χ4v) is 0.618. The molecule has 0 unspecified atom stereocenters. The first-order valence-electron chi connectivity index (χ1n) is 2.88. The third-order valence-electron chi connectivity index (χ3n) is 0.832. The van der Waals surface area contributed by atoms with Crippen molar-refractivity contribution in [3.63, 3.8) is 0 Å². The Balaban J connectivity index is 3.06. The van der Waals surface area contributed by atoms with Crippen molar-refractivity contribution in [3.05, 3.63) is 11.1 Å². The molecule has 0 aromatic carbocycles. The molecule has 0 aliphatic rings. The summed E-state index contributed by atoms with van der Waals surface area (Å²) < 4.78 is 0.831. The number of carboxylic acids is 1. The van der Waals surface area contributed by atoms with E-state index in [0.29, 0.717) is 13.1 Å². The zero-order valence-corrected chi connectivity index (χ0v) is 7.15. The Morgan fingerprint density at radius 1 is 1.70 bits per heavy atom. The molecule has 0 spiro atoms. The molecule has 0 aromatic rings. The number of nitrogens with one attached hydrogen (secondary N) is 1. The highest BCUT2D eigenvalue weighted by atomic mass is 79.9. The Morgan fingerprint density at radius 2 is 2.30 bits per heavy atom. The molecule has 58 valence electrons. The Bertz CT molecular complexity index is 120. The zero-order valence-electron chi connectivity index (χ0n) is 5.56. The molecule has 0 aliphatic heterocycles. The van der Waals surface area contributed by atoms with Crippen LogP contribution in [-0.2, 0) is 4.79 Å². The molecule has 0 saturated heterocycles. The standard InChI is InChI=1S/C6H10BrNO2/c1-5(7)4-8-3-2-6(9)10/h8H,1-4H2,(H,9,10). The minimum absolute atomic E-state index is 0.153. The molecule has 0 heterocycles. The van der Waals surface area contributed by atoms with Crippen LogP contribution in [0.15, 0.2) is 11.1 Å². The highest BCUT2D eigenvalue weighted by molar-refractivity contribution is 9.11. The summed E-state index contributed by atoms with van der Waals surface area (Å²) in [5.74, 6) is -0.785. The predicted molar refractivity (Wildman–Crippen MR) is 43.2 cm³/mol. The SMILES string of the molecule is C=C(Br)CNCCC(=O)O. The third kappa shape index (κ3) is 7.65. The van der Waals surface area contributed by atoms with Gasteiger partial charge in [0.15, 0.2) is 0 Å². The Kier molecular flexibility index (Phi) is 5.25. The number of carbonyl (C=O) groups is 1. The van der Waals surface area contributed by atoms with Crippen LogP contribution in [-0.4, -0.2) is 24.2 Å². The van der Waals surface area contributed by atoms with E-state index in [4.69, 9.17) is 5.11 Å². The van der Waals surface area contributed by atoms with Crippen LogP contribution in [0.3, 0.4) is 0 Å². The normalized spacial score (nSPS) is 9.30. The van der Waals surface area contributed by atoms with Crippen LogP contribution in [0, 0.1) is 0 Å². The van der Waals surface area contributed by atoms with Crippen molar-refractivity contribution in [2.45, 2.75) is 6.42 Å². The molecule has 10 heavy (non-hydrogen) atoms. The van der Waals surface area contributed by atoms with Gasteiger partial charge in [0.25, 0.3) is 0 Å². The largest absolute Gasteiger partial charge is 0.481 e. The second-order valence-electron chi connectivity index (χ2n) is 1.84. The van der Waals surface area contributed by atoms with Crippen molar-refractivity contribution < 1.29 is 9.90 Å². The summed E-state index contributed by atoms with van der Waals surface area (Å²) in [5.41, 5.74) is 0. The van der Waals surface area contributed by atoms with Crippen molar-refractivity contribution in [1.29, 1.82) is 0 Å². The lowest BCUT2D eigenvalue weighted by atomic mass is 10.4. The molecule has 0 bridgehead atoms. The van der Waals surface area contributed by atoms with Gasteiger partial charge in [0.05, 0.1) is 6.42 Å². The minimum atomic E-state index is -0.785. The smallest absolute Gasteiger partial charge is 0.304 e. The monoisotopic (exact) mass is 207 g/mol. The molecule has 0 atom stereocenters. The molecule has 0 rings (SSSR count). The van der Waals surface area contributed by atoms with Gasteiger partial charge < -0.3 is 10.4 Å². The summed E-state index contributed by atoms with van der Waals surface area (Å²) in [6, 6.07) is 0. The fourth-order valence-electron chi connectivity index (χ4n) is 0.419. The molecule has 4 heteroatoms. The summed E-state index contributed by atoms with van der Waals surface area (Å²) >= 11 is 3.14. The van der Waals surface area contributed by atoms with Gasteiger partial charge in [-0.1, -0.05) is 22.5 Å². The molecule has 0 amide bonds. The highest BCUT2D eigenvalue weighted by Crippen LogP contribution is 1.96. The van der Waals surface area contributed by atoms with E-state index in [2.05, 4.69) is 27.8 Å². The van der Waals surface area contributed by atoms with Crippen LogP contribution in [0.1, 0.15) is 6.42 Å². The van der Waals surface area contributed by atoms with E-state index >= 15 is 0 Å². The molecule has 0 fully saturated rings. The first-order valence-corrected chi connectivity index (χ1v) is 3.68. The lowest BCUT2D eigenvalue weighted by Gasteiger charge is -1.98. The van der Waals surface area contributed by atoms with Crippen molar-refractivity contribution >= 4 is 21.9 Å². The number of rotatable bonds is 5. The number of aliphatic carboxylic acids is 1. The van der Waals surface area contributed by atoms with Gasteiger partial charge in [0.2, 0.25) is 0 Å². The van der Waals surface area contributed by atoms with Gasteiger partial charge in [-0.2, -0.15) is 0 Å². The van der Waals surface area contributed by atoms with Crippen LogP contribution in [0.4, 0.5) is 0 Å². The van der Waals surface area contributed by atoms with E-state index in [1.54, 1.807) is 0 Å². The predicted octanol–water partition coefficient (Wildman–Crippen LogP) is 0.959. The molecule has 0 radical (unpaired) electrons. The number of halogens is 1. The van der Waals surface area contributed by atoms with E-state index < -0.39 is 5.97 Å². The number of carboxylic acid groups (broad SMARTS) is 1. The van der Waals surface area contributed by atoms with Crippen LogP contribution >= 0.6 is 15.9 Å². The zero-order chi connectivity index (χ0) is 7.98. The van der Waals surface area contributed by atoms with Gasteiger partial charge in [-0.05, 0) is 0 Å². The first-order chi connectivity index (χ1) is 4.63. The summed E-state index contributed by atoms with van der Waals surface area (Å²) in [6.45, 7) is 4.68. The van der Waals surface area contributed by atoms with E-state index in [-0.39, 0.29) is 6.42 Å². The van der Waals surface area contributed by atoms with Gasteiger partial charge in [0, 0.05) is 17.6 Å². The maximum atomic E-state index is 9.97. The Labute approximate surface area is 68.2 Å². The minimum Gasteiger partial charge on any atom is -0.481 e. The topological polar surface area (TPSA) is 49.3 Å². The second kappa shape index (κ2) is 5.44. The van der Waals surface area contributed by atoms with Crippen molar-refractivity contribution in [2.24, 2.45) is 0 Å². The van der Waals surface area contributed by atoms with Crippen molar-refractivity contribution in [1.82, 2.24) is 5.32 Å². The maximum absolute atomic E-state index is 9.97. The van der Waals surface area contributed by atoms with E-state index in [1.807, 2.05) is 0 Å². The Morgan fingerprint density at radius 3 is 2.70 bits per heavy atom. The maximum Gasteiger partial charge on any atom is 0.304 e. The average Bonchev–Trinajstić information content (AvgIpc) is 1.79. The van der Waals surface area contributed by atoms with E-state index in [1.165, 1.54) is 0 Å². The second-order valence-corrected chi connectivity index (χ2v) is 2.96. The van der Waals surface area contributed by atoms with Gasteiger partial charge in [0.1, 0.15) is 0 Å². The third-order valence-corrected chi connectivity index (χ3v) is 1.11. The fraction of sp³-hybridized carbons (Fsp3) is 0.500. The average molecular weight is 208 g/mol. The summed E-state index contributed by atoms with van der Waals surface area (Å²) in [5, 5.41) is 11.1. The molecule has 3 nitrogen and oxygen atoms in total. The molecule has 0 saturated carbocycles. The van der Waals surface area contributed by atoms with Gasteiger partial charge in [-0.25, -0.2) is 0 Å². The van der Waals surface area contributed by atoms with Crippen LogP contribution in [0.5, 0.6) is 0 Å². The molecule has 0 aromatic heterocycles. The van der Waals surface area contributed by atoms with Gasteiger partial charge >= 0.3 is 5.97 Å². The molecular formula is C6H10BrNO2. The quantitative estimate of drug-likeness (QED) is 0.661. The summed E-state index contributed by atoms with van der Waals surface area (Å²) in [6.07, 6.45) is 0.153. The van der Waals surface area contributed by atoms with Gasteiger partial charge in [-0.3, -0.25) is 4.79 Å². The molecule has 0 aliphatic carbocycles. The summed E-state index contributed by atoms with van der Waals surface area (Å²) in [4.78, 5) is 9.97. The van der Waals surface area contributed by atoms with Crippen LogP contribution < -0.4 is 5.32 Å². The Hall–Kier alpha value is -0.350. The first kappa shape index (κ1) is 9.65. The van der Waals surface area contributed by atoms with Gasteiger partial charge in [-0.15, -0.1) is 0 Å². The summed E-state index contributed by atoms with van der Waals surface area (Å²) in [7, 11) is 0. The lowest BCUT2D eigenvalue weighted by Crippen LogP contribution is -2.18. The van der Waals surface area contributed by atoms with E-state index in [9.17, 15) is 4.79 Å². The molecule has 2 N–H and O–H groups in total. The van der Waals surface area contributed by atoms with Crippen molar-refractivity contribution in [2.75, 3.05) is 13.1 Å². The van der Waals surface area contributed by atoms with Crippen LogP contribution in [0.2, 0.25) is 0 Å². The van der Waals surface area contributed by atoms with E-state index in [0.717, 1.165) is 4.48 Å². The molecular weight excluding hydrogens is 198 g/mol. The van der Waals surface area contributed by atoms with Crippen LogP contribution in [0.25, 0.3) is 0 Å². The number of hydrogen-bond acceptors (Lipinski definition) is 2. The lowest BCUT2D eigenvalue weighted by molar-refractivity contribution is -0.136. The van der Waals surface area contributed by atoms with Crippen molar-refractivity contribution in [3.8, 4) is 0 Å². The highest BCUT2D eigenvalue weighted by Gasteiger charge is 1.94. The number of hydrogen-bond donors (Lipinski definition) is 2.